The highest BCUT2D eigenvalue weighted by atomic mass is 19.1. The molecular weight excluding hydrogens is 257 g/mol. The topological polar surface area (TPSA) is 47.0 Å². The van der Waals surface area contributed by atoms with E-state index in [0.717, 1.165) is 11.1 Å². The molecule has 0 aliphatic rings. The first-order valence-electron chi connectivity index (χ1n) is 6.56. The SMILES string of the molecule is CC(C)Oc1ncccc1CNCc1cncc(F)c1. The molecule has 2 aromatic heterocycles. The minimum Gasteiger partial charge on any atom is -0.475 e. The molecule has 0 atom stereocenters. The minimum atomic E-state index is -0.325. The highest BCUT2D eigenvalue weighted by Crippen LogP contribution is 2.15. The normalized spacial score (nSPS) is 10.8. The Morgan fingerprint density at radius 2 is 2.15 bits per heavy atom. The molecule has 4 nitrogen and oxygen atoms in total. The number of rotatable bonds is 6. The van der Waals surface area contributed by atoms with Gasteiger partial charge in [-0.1, -0.05) is 6.07 Å². The summed E-state index contributed by atoms with van der Waals surface area (Å²) in [7, 11) is 0. The van der Waals surface area contributed by atoms with Gasteiger partial charge >= 0.3 is 0 Å². The lowest BCUT2D eigenvalue weighted by atomic mass is 10.2. The second kappa shape index (κ2) is 6.96. The summed E-state index contributed by atoms with van der Waals surface area (Å²) in [5.74, 6) is 0.307. The molecule has 0 aliphatic heterocycles. The van der Waals surface area contributed by atoms with Crippen molar-refractivity contribution in [2.24, 2.45) is 0 Å². The molecule has 0 fully saturated rings. The van der Waals surface area contributed by atoms with Crippen LogP contribution < -0.4 is 10.1 Å². The van der Waals surface area contributed by atoms with Gasteiger partial charge in [0, 0.05) is 31.0 Å². The van der Waals surface area contributed by atoms with Crippen molar-refractivity contribution in [2.45, 2.75) is 33.0 Å². The Morgan fingerprint density at radius 3 is 2.90 bits per heavy atom. The van der Waals surface area contributed by atoms with Gasteiger partial charge in [-0.05, 0) is 31.5 Å². The fourth-order valence-electron chi connectivity index (χ4n) is 1.78. The van der Waals surface area contributed by atoms with Crippen molar-refractivity contribution in [3.05, 3.63) is 53.7 Å². The molecule has 0 unspecified atom stereocenters. The molecular formula is C15H18FN3O. The monoisotopic (exact) mass is 275 g/mol. The van der Waals surface area contributed by atoms with E-state index in [-0.39, 0.29) is 11.9 Å². The number of halogens is 1. The van der Waals surface area contributed by atoms with Crippen LogP contribution in [-0.4, -0.2) is 16.1 Å². The van der Waals surface area contributed by atoms with Gasteiger partial charge in [-0.2, -0.15) is 0 Å². The fourth-order valence-corrected chi connectivity index (χ4v) is 1.78. The van der Waals surface area contributed by atoms with Crippen molar-refractivity contribution < 1.29 is 9.13 Å². The zero-order valence-corrected chi connectivity index (χ0v) is 11.6. The van der Waals surface area contributed by atoms with Crippen LogP contribution in [0.25, 0.3) is 0 Å². The molecule has 2 aromatic rings. The molecule has 1 N–H and O–H groups in total. The maximum atomic E-state index is 13.0. The van der Waals surface area contributed by atoms with Gasteiger partial charge < -0.3 is 10.1 Å². The fraction of sp³-hybridized carbons (Fsp3) is 0.333. The Bertz CT molecular complexity index is 560. The average Bonchev–Trinajstić information content (AvgIpc) is 2.40. The van der Waals surface area contributed by atoms with E-state index < -0.39 is 0 Å². The average molecular weight is 275 g/mol. The molecule has 106 valence electrons. The van der Waals surface area contributed by atoms with E-state index >= 15 is 0 Å². The highest BCUT2D eigenvalue weighted by molar-refractivity contribution is 5.25. The van der Waals surface area contributed by atoms with E-state index in [1.54, 1.807) is 12.4 Å². The van der Waals surface area contributed by atoms with Crippen LogP contribution in [0.3, 0.4) is 0 Å². The van der Waals surface area contributed by atoms with Crippen LogP contribution in [-0.2, 0) is 13.1 Å². The van der Waals surface area contributed by atoms with Crippen LogP contribution in [0.1, 0.15) is 25.0 Å². The third-order valence-corrected chi connectivity index (χ3v) is 2.60. The molecule has 5 heteroatoms. The number of aromatic nitrogens is 2. The Morgan fingerprint density at radius 1 is 1.30 bits per heavy atom. The first kappa shape index (κ1) is 14.4. The summed E-state index contributed by atoms with van der Waals surface area (Å²) >= 11 is 0. The van der Waals surface area contributed by atoms with Crippen LogP contribution in [0.15, 0.2) is 36.8 Å². The van der Waals surface area contributed by atoms with Gasteiger partial charge in [0.1, 0.15) is 5.82 Å². The van der Waals surface area contributed by atoms with Crippen molar-refractivity contribution in [3.63, 3.8) is 0 Å². The zero-order valence-electron chi connectivity index (χ0n) is 11.6. The lowest BCUT2D eigenvalue weighted by molar-refractivity contribution is 0.229. The van der Waals surface area contributed by atoms with Crippen molar-refractivity contribution in [1.82, 2.24) is 15.3 Å². The van der Waals surface area contributed by atoms with E-state index in [0.29, 0.717) is 19.0 Å². The summed E-state index contributed by atoms with van der Waals surface area (Å²) in [4.78, 5) is 8.04. The molecule has 2 heterocycles. The van der Waals surface area contributed by atoms with Gasteiger partial charge in [0.25, 0.3) is 0 Å². The number of ether oxygens (including phenoxy) is 1. The number of hydrogen-bond acceptors (Lipinski definition) is 4. The number of pyridine rings is 2. The van der Waals surface area contributed by atoms with Crippen LogP contribution >= 0.6 is 0 Å². The van der Waals surface area contributed by atoms with Crippen molar-refractivity contribution in [2.75, 3.05) is 0 Å². The molecule has 0 aliphatic carbocycles. The molecule has 0 bridgehead atoms. The molecule has 0 radical (unpaired) electrons. The molecule has 0 aromatic carbocycles. The summed E-state index contributed by atoms with van der Waals surface area (Å²) < 4.78 is 18.6. The lowest BCUT2D eigenvalue weighted by Crippen LogP contribution is -2.16. The first-order chi connectivity index (χ1) is 9.65. The van der Waals surface area contributed by atoms with Crippen LogP contribution in [0.2, 0.25) is 0 Å². The quantitative estimate of drug-likeness (QED) is 0.880. The molecule has 0 saturated carbocycles. The smallest absolute Gasteiger partial charge is 0.218 e. The Hall–Kier alpha value is -2.01. The second-order valence-electron chi connectivity index (χ2n) is 4.75. The second-order valence-corrected chi connectivity index (χ2v) is 4.75. The minimum absolute atomic E-state index is 0.0797. The Balaban J connectivity index is 1.94. The van der Waals surface area contributed by atoms with E-state index in [2.05, 4.69) is 15.3 Å². The number of hydrogen-bond donors (Lipinski definition) is 1. The highest BCUT2D eigenvalue weighted by Gasteiger charge is 2.06. The molecule has 0 saturated heterocycles. The maximum Gasteiger partial charge on any atom is 0.218 e. The van der Waals surface area contributed by atoms with Crippen LogP contribution in [0.4, 0.5) is 4.39 Å². The van der Waals surface area contributed by atoms with E-state index in [1.165, 1.54) is 12.3 Å². The molecule has 0 amide bonds. The molecule has 2 rings (SSSR count). The summed E-state index contributed by atoms with van der Waals surface area (Å²) in [6.07, 6.45) is 4.62. The van der Waals surface area contributed by atoms with Crippen LogP contribution in [0, 0.1) is 5.82 Å². The van der Waals surface area contributed by atoms with Gasteiger partial charge in [-0.3, -0.25) is 4.98 Å². The molecule has 20 heavy (non-hydrogen) atoms. The maximum absolute atomic E-state index is 13.0. The van der Waals surface area contributed by atoms with Gasteiger partial charge in [0.2, 0.25) is 5.88 Å². The largest absolute Gasteiger partial charge is 0.475 e. The predicted octanol–water partition coefficient (Wildman–Crippen LogP) is 2.69. The van der Waals surface area contributed by atoms with Crippen LogP contribution in [0.5, 0.6) is 5.88 Å². The van der Waals surface area contributed by atoms with Crippen molar-refractivity contribution in [3.8, 4) is 5.88 Å². The third-order valence-electron chi connectivity index (χ3n) is 2.60. The summed E-state index contributed by atoms with van der Waals surface area (Å²) in [6.45, 7) is 5.07. The predicted molar refractivity (Wildman–Crippen MR) is 74.7 cm³/mol. The zero-order chi connectivity index (χ0) is 14.4. The van der Waals surface area contributed by atoms with E-state index in [1.807, 2.05) is 26.0 Å². The summed E-state index contributed by atoms with van der Waals surface area (Å²) in [5, 5.41) is 3.23. The Kier molecular flexibility index (Phi) is 5.01. The lowest BCUT2D eigenvalue weighted by Gasteiger charge is -2.13. The molecule has 0 spiro atoms. The van der Waals surface area contributed by atoms with E-state index in [4.69, 9.17) is 4.74 Å². The number of nitrogens with one attached hydrogen (secondary N) is 1. The number of nitrogens with zero attached hydrogens (tertiary/aromatic N) is 2. The van der Waals surface area contributed by atoms with E-state index in [9.17, 15) is 4.39 Å². The van der Waals surface area contributed by atoms with Crippen molar-refractivity contribution >= 4 is 0 Å². The van der Waals surface area contributed by atoms with Gasteiger partial charge in [0.05, 0.1) is 12.3 Å². The Labute approximate surface area is 118 Å². The standard InChI is InChI=1S/C15H18FN3O/c1-11(2)20-15-13(4-3-5-19-15)9-17-7-12-6-14(16)10-18-8-12/h3-6,8,10-11,17H,7,9H2,1-2H3. The van der Waals surface area contributed by atoms with Gasteiger partial charge in [0.15, 0.2) is 0 Å². The van der Waals surface area contributed by atoms with Gasteiger partial charge in [-0.25, -0.2) is 9.37 Å². The van der Waals surface area contributed by atoms with Crippen molar-refractivity contribution in [1.29, 1.82) is 0 Å². The third kappa shape index (κ3) is 4.28. The first-order valence-corrected chi connectivity index (χ1v) is 6.56. The van der Waals surface area contributed by atoms with Gasteiger partial charge in [-0.15, -0.1) is 0 Å². The summed E-state index contributed by atoms with van der Waals surface area (Å²) in [5.41, 5.74) is 1.78. The summed E-state index contributed by atoms with van der Waals surface area (Å²) in [6, 6.07) is 5.30.